The van der Waals surface area contributed by atoms with E-state index in [1.807, 2.05) is 0 Å². The molecule has 1 aromatic carbocycles. The van der Waals surface area contributed by atoms with Crippen LogP contribution in [0.25, 0.3) is 0 Å². The SMILES string of the molecule is Cc1cc(Br)c2c(c1C)CC(=O)CC2. The number of aryl methyl sites for hydroxylation is 1. The van der Waals surface area contributed by atoms with E-state index in [0.717, 1.165) is 6.42 Å². The zero-order valence-electron chi connectivity index (χ0n) is 8.48. The number of fused-ring (bicyclic) bond motifs is 1. The van der Waals surface area contributed by atoms with E-state index in [4.69, 9.17) is 0 Å². The molecule has 0 heterocycles. The van der Waals surface area contributed by atoms with E-state index < -0.39 is 0 Å². The van der Waals surface area contributed by atoms with Gasteiger partial charge in [-0.1, -0.05) is 15.9 Å². The fourth-order valence-corrected chi connectivity index (χ4v) is 2.83. The molecule has 0 aromatic heterocycles. The van der Waals surface area contributed by atoms with Crippen molar-refractivity contribution in [3.8, 4) is 0 Å². The van der Waals surface area contributed by atoms with Crippen LogP contribution >= 0.6 is 15.9 Å². The van der Waals surface area contributed by atoms with Crippen LogP contribution in [0.3, 0.4) is 0 Å². The van der Waals surface area contributed by atoms with Gasteiger partial charge in [-0.3, -0.25) is 4.79 Å². The van der Waals surface area contributed by atoms with Crippen molar-refractivity contribution in [1.29, 1.82) is 0 Å². The number of Topliss-reactive ketones (excluding diaryl/α,β-unsaturated/α-hetero) is 1. The molecule has 1 aliphatic carbocycles. The highest BCUT2D eigenvalue weighted by atomic mass is 79.9. The normalized spacial score (nSPS) is 15.5. The summed E-state index contributed by atoms with van der Waals surface area (Å²) < 4.78 is 1.17. The minimum Gasteiger partial charge on any atom is -0.299 e. The lowest BCUT2D eigenvalue weighted by Gasteiger charge is -2.20. The Morgan fingerprint density at radius 3 is 2.64 bits per heavy atom. The van der Waals surface area contributed by atoms with Crippen LogP contribution in [-0.4, -0.2) is 5.78 Å². The van der Waals surface area contributed by atoms with Gasteiger partial charge in [-0.05, 0) is 48.6 Å². The fourth-order valence-electron chi connectivity index (χ4n) is 2.05. The van der Waals surface area contributed by atoms with Crippen molar-refractivity contribution < 1.29 is 4.79 Å². The third-order valence-corrected chi connectivity index (χ3v) is 3.78. The summed E-state index contributed by atoms with van der Waals surface area (Å²) in [6.07, 6.45) is 2.23. The van der Waals surface area contributed by atoms with Crippen molar-refractivity contribution in [2.75, 3.05) is 0 Å². The highest BCUT2D eigenvalue weighted by Gasteiger charge is 2.20. The molecule has 0 amide bonds. The Morgan fingerprint density at radius 2 is 1.93 bits per heavy atom. The summed E-state index contributed by atoms with van der Waals surface area (Å²) in [5.41, 5.74) is 5.16. The molecule has 0 N–H and O–H groups in total. The van der Waals surface area contributed by atoms with Crippen molar-refractivity contribution in [1.82, 2.24) is 0 Å². The number of benzene rings is 1. The van der Waals surface area contributed by atoms with E-state index in [9.17, 15) is 4.79 Å². The summed E-state index contributed by atoms with van der Waals surface area (Å²) in [5.74, 6) is 0.373. The molecule has 0 fully saturated rings. The molecule has 0 saturated carbocycles. The van der Waals surface area contributed by atoms with E-state index in [0.29, 0.717) is 18.6 Å². The topological polar surface area (TPSA) is 17.1 Å². The number of ketones is 1. The fraction of sp³-hybridized carbons (Fsp3) is 0.417. The molecule has 0 bridgehead atoms. The average Bonchev–Trinajstić information content (AvgIpc) is 2.14. The number of carbonyl (C=O) groups is 1. The van der Waals surface area contributed by atoms with E-state index in [-0.39, 0.29) is 0 Å². The Bertz CT molecular complexity index is 407. The lowest BCUT2D eigenvalue weighted by atomic mass is 9.86. The van der Waals surface area contributed by atoms with Crippen LogP contribution in [0.15, 0.2) is 10.5 Å². The Morgan fingerprint density at radius 1 is 1.21 bits per heavy atom. The van der Waals surface area contributed by atoms with Gasteiger partial charge in [-0.2, -0.15) is 0 Å². The third kappa shape index (κ3) is 1.52. The first-order valence-electron chi connectivity index (χ1n) is 4.88. The molecule has 2 rings (SSSR count). The van der Waals surface area contributed by atoms with Gasteiger partial charge in [0.1, 0.15) is 5.78 Å². The van der Waals surface area contributed by atoms with Gasteiger partial charge in [-0.25, -0.2) is 0 Å². The maximum absolute atomic E-state index is 11.4. The quantitative estimate of drug-likeness (QED) is 0.694. The largest absolute Gasteiger partial charge is 0.299 e. The first-order chi connectivity index (χ1) is 6.59. The van der Waals surface area contributed by atoms with Crippen LogP contribution in [-0.2, 0) is 17.6 Å². The molecule has 0 aliphatic heterocycles. The van der Waals surface area contributed by atoms with Gasteiger partial charge < -0.3 is 0 Å². The van der Waals surface area contributed by atoms with Crippen molar-refractivity contribution >= 4 is 21.7 Å². The number of carbonyl (C=O) groups excluding carboxylic acids is 1. The molecule has 0 radical (unpaired) electrons. The van der Waals surface area contributed by atoms with E-state index >= 15 is 0 Å². The summed E-state index contributed by atoms with van der Waals surface area (Å²) >= 11 is 3.58. The van der Waals surface area contributed by atoms with Crippen LogP contribution in [0.2, 0.25) is 0 Å². The first kappa shape index (κ1) is 9.91. The molecule has 2 heteroatoms. The number of halogens is 1. The number of hydrogen-bond acceptors (Lipinski definition) is 1. The Labute approximate surface area is 92.6 Å². The Balaban J connectivity index is 2.63. The summed E-state index contributed by atoms with van der Waals surface area (Å²) in [6.45, 7) is 4.21. The van der Waals surface area contributed by atoms with E-state index in [1.54, 1.807) is 0 Å². The predicted octanol–water partition coefficient (Wildman–Crippen LogP) is 3.12. The summed E-state index contributed by atoms with van der Waals surface area (Å²) in [6, 6.07) is 2.16. The number of hydrogen-bond donors (Lipinski definition) is 0. The monoisotopic (exact) mass is 252 g/mol. The average molecular weight is 253 g/mol. The zero-order valence-corrected chi connectivity index (χ0v) is 10.1. The molecular weight excluding hydrogens is 240 g/mol. The predicted molar refractivity (Wildman–Crippen MR) is 60.6 cm³/mol. The smallest absolute Gasteiger partial charge is 0.137 e. The van der Waals surface area contributed by atoms with Crippen LogP contribution in [0, 0.1) is 13.8 Å². The molecule has 1 aromatic rings. The van der Waals surface area contributed by atoms with Gasteiger partial charge in [0.25, 0.3) is 0 Å². The molecule has 0 unspecified atom stereocenters. The van der Waals surface area contributed by atoms with Crippen molar-refractivity contribution in [2.45, 2.75) is 33.1 Å². The van der Waals surface area contributed by atoms with Crippen molar-refractivity contribution in [2.24, 2.45) is 0 Å². The molecule has 0 spiro atoms. The van der Waals surface area contributed by atoms with Gasteiger partial charge in [-0.15, -0.1) is 0 Å². The summed E-state index contributed by atoms with van der Waals surface area (Å²) in [4.78, 5) is 11.4. The first-order valence-corrected chi connectivity index (χ1v) is 5.68. The molecule has 74 valence electrons. The highest BCUT2D eigenvalue weighted by Crippen LogP contribution is 2.31. The van der Waals surface area contributed by atoms with Crippen LogP contribution in [0.5, 0.6) is 0 Å². The minimum atomic E-state index is 0.373. The van der Waals surface area contributed by atoms with Crippen LogP contribution in [0.4, 0.5) is 0 Å². The van der Waals surface area contributed by atoms with Gasteiger partial charge in [0.15, 0.2) is 0 Å². The van der Waals surface area contributed by atoms with Gasteiger partial charge >= 0.3 is 0 Å². The zero-order chi connectivity index (χ0) is 10.3. The Kier molecular flexibility index (Phi) is 2.48. The minimum absolute atomic E-state index is 0.373. The third-order valence-electron chi connectivity index (χ3n) is 3.07. The Hall–Kier alpha value is -0.630. The van der Waals surface area contributed by atoms with Gasteiger partial charge in [0.05, 0.1) is 0 Å². The maximum atomic E-state index is 11.4. The number of rotatable bonds is 0. The molecule has 1 nitrogen and oxygen atoms in total. The van der Waals surface area contributed by atoms with E-state index in [1.165, 1.54) is 26.7 Å². The lowest BCUT2D eigenvalue weighted by Crippen LogP contribution is -2.15. The summed E-state index contributed by atoms with van der Waals surface area (Å²) in [5, 5.41) is 0. The summed E-state index contributed by atoms with van der Waals surface area (Å²) in [7, 11) is 0. The second-order valence-electron chi connectivity index (χ2n) is 3.97. The maximum Gasteiger partial charge on any atom is 0.137 e. The lowest BCUT2D eigenvalue weighted by molar-refractivity contribution is -0.118. The molecule has 0 atom stereocenters. The molecule has 14 heavy (non-hydrogen) atoms. The molecule has 1 aliphatic rings. The standard InChI is InChI=1S/C12H13BrO/c1-7-5-12(13)10-4-3-9(14)6-11(10)8(7)2/h5H,3-4,6H2,1-2H3. The second-order valence-corrected chi connectivity index (χ2v) is 4.83. The highest BCUT2D eigenvalue weighted by molar-refractivity contribution is 9.10. The molecular formula is C12H13BrO. The molecule has 0 saturated heterocycles. The van der Waals surface area contributed by atoms with Crippen molar-refractivity contribution in [3.63, 3.8) is 0 Å². The van der Waals surface area contributed by atoms with Gasteiger partial charge in [0.2, 0.25) is 0 Å². The second kappa shape index (κ2) is 3.50. The van der Waals surface area contributed by atoms with E-state index in [2.05, 4.69) is 35.8 Å². The van der Waals surface area contributed by atoms with Crippen molar-refractivity contribution in [3.05, 3.63) is 32.8 Å². The van der Waals surface area contributed by atoms with Crippen LogP contribution < -0.4 is 0 Å². The van der Waals surface area contributed by atoms with Crippen LogP contribution in [0.1, 0.15) is 28.7 Å². The van der Waals surface area contributed by atoms with Gasteiger partial charge in [0, 0.05) is 17.3 Å².